The van der Waals surface area contributed by atoms with Gasteiger partial charge in [-0.1, -0.05) is 18.2 Å². The molecule has 0 saturated heterocycles. The van der Waals surface area contributed by atoms with Crippen LogP contribution in [0.1, 0.15) is 31.4 Å². The third-order valence-corrected chi connectivity index (χ3v) is 2.63. The van der Waals surface area contributed by atoms with Crippen LogP contribution in [0.4, 0.5) is 0 Å². The van der Waals surface area contributed by atoms with Gasteiger partial charge in [-0.15, -0.1) is 0 Å². The van der Waals surface area contributed by atoms with E-state index < -0.39 is 0 Å². The molecular formula is C12H17NO. The van der Waals surface area contributed by atoms with Crippen LogP contribution in [0.15, 0.2) is 18.2 Å². The smallest absolute Gasteiger partial charge is 0.127 e. The van der Waals surface area contributed by atoms with Gasteiger partial charge in [0.2, 0.25) is 0 Å². The van der Waals surface area contributed by atoms with E-state index in [1.807, 2.05) is 13.8 Å². The number of hydrogen-bond acceptors (Lipinski definition) is 2. The first kappa shape index (κ1) is 9.53. The average molecular weight is 191 g/mol. The topological polar surface area (TPSA) is 35.2 Å². The SMILES string of the molecule is CC(C)(N)c1cccc2c1OCCC2. The van der Waals surface area contributed by atoms with Crippen molar-refractivity contribution in [3.63, 3.8) is 0 Å². The molecule has 76 valence electrons. The van der Waals surface area contributed by atoms with Gasteiger partial charge in [-0.2, -0.15) is 0 Å². The molecule has 0 aromatic heterocycles. The second-order valence-electron chi connectivity index (χ2n) is 4.47. The minimum atomic E-state index is -0.317. The third kappa shape index (κ3) is 1.62. The molecule has 2 nitrogen and oxygen atoms in total. The zero-order valence-electron chi connectivity index (χ0n) is 8.84. The Morgan fingerprint density at radius 2 is 2.14 bits per heavy atom. The number of benzene rings is 1. The summed E-state index contributed by atoms with van der Waals surface area (Å²) < 4.78 is 5.70. The van der Waals surface area contributed by atoms with E-state index in [2.05, 4.69) is 18.2 Å². The summed E-state index contributed by atoms with van der Waals surface area (Å²) in [6.07, 6.45) is 2.22. The Labute approximate surface area is 85.1 Å². The van der Waals surface area contributed by atoms with E-state index in [4.69, 9.17) is 10.5 Å². The summed E-state index contributed by atoms with van der Waals surface area (Å²) in [5.41, 5.74) is 8.20. The lowest BCUT2D eigenvalue weighted by Crippen LogP contribution is -2.30. The highest BCUT2D eigenvalue weighted by Gasteiger charge is 2.23. The minimum Gasteiger partial charge on any atom is -0.493 e. The number of aryl methyl sites for hydroxylation is 1. The molecule has 0 fully saturated rings. The lowest BCUT2D eigenvalue weighted by Gasteiger charge is -2.27. The molecule has 1 heterocycles. The van der Waals surface area contributed by atoms with Gasteiger partial charge < -0.3 is 10.5 Å². The van der Waals surface area contributed by atoms with Gasteiger partial charge >= 0.3 is 0 Å². The summed E-state index contributed by atoms with van der Waals surface area (Å²) in [6.45, 7) is 4.85. The second-order valence-corrected chi connectivity index (χ2v) is 4.47. The normalized spacial score (nSPS) is 15.9. The minimum absolute atomic E-state index is 0.317. The van der Waals surface area contributed by atoms with Crippen LogP contribution in [0.2, 0.25) is 0 Å². The molecule has 0 bridgehead atoms. The fourth-order valence-corrected chi connectivity index (χ4v) is 1.90. The van der Waals surface area contributed by atoms with Gasteiger partial charge in [0, 0.05) is 11.1 Å². The van der Waals surface area contributed by atoms with Crippen LogP contribution in [0, 0.1) is 0 Å². The summed E-state index contributed by atoms with van der Waals surface area (Å²) in [5, 5.41) is 0. The second kappa shape index (κ2) is 3.28. The average Bonchev–Trinajstić information content (AvgIpc) is 2.15. The zero-order chi connectivity index (χ0) is 10.2. The van der Waals surface area contributed by atoms with Crippen LogP contribution in [0.25, 0.3) is 0 Å². The number of fused-ring (bicyclic) bond motifs is 1. The Bertz CT molecular complexity index is 339. The highest BCUT2D eigenvalue weighted by atomic mass is 16.5. The van der Waals surface area contributed by atoms with Gasteiger partial charge in [-0.25, -0.2) is 0 Å². The molecule has 0 radical (unpaired) electrons. The summed E-state index contributed by atoms with van der Waals surface area (Å²) in [4.78, 5) is 0. The largest absolute Gasteiger partial charge is 0.493 e. The van der Waals surface area contributed by atoms with Gasteiger partial charge in [-0.3, -0.25) is 0 Å². The summed E-state index contributed by atoms with van der Waals surface area (Å²) in [7, 11) is 0. The van der Waals surface area contributed by atoms with Crippen LogP contribution >= 0.6 is 0 Å². The standard InChI is InChI=1S/C12H17NO/c1-12(2,13)10-7-3-5-9-6-4-8-14-11(9)10/h3,5,7H,4,6,8,13H2,1-2H3. The van der Waals surface area contributed by atoms with Gasteiger partial charge in [0.1, 0.15) is 5.75 Å². The van der Waals surface area contributed by atoms with E-state index in [9.17, 15) is 0 Å². The van der Waals surface area contributed by atoms with Crippen molar-refractivity contribution >= 4 is 0 Å². The van der Waals surface area contributed by atoms with Crippen LogP contribution < -0.4 is 10.5 Å². The molecule has 0 amide bonds. The molecule has 1 aromatic rings. The van der Waals surface area contributed by atoms with Crippen molar-refractivity contribution in [1.29, 1.82) is 0 Å². The number of hydrogen-bond donors (Lipinski definition) is 1. The maximum absolute atomic E-state index is 6.10. The van der Waals surface area contributed by atoms with Crippen LogP contribution in [-0.2, 0) is 12.0 Å². The molecule has 0 spiro atoms. The third-order valence-electron chi connectivity index (χ3n) is 2.63. The summed E-state index contributed by atoms with van der Waals surface area (Å²) in [5.74, 6) is 1.02. The van der Waals surface area contributed by atoms with E-state index >= 15 is 0 Å². The summed E-state index contributed by atoms with van der Waals surface area (Å²) >= 11 is 0. The fourth-order valence-electron chi connectivity index (χ4n) is 1.90. The monoisotopic (exact) mass is 191 g/mol. The summed E-state index contributed by atoms with van der Waals surface area (Å²) in [6, 6.07) is 6.26. The van der Waals surface area contributed by atoms with Gasteiger partial charge in [0.05, 0.1) is 6.61 Å². The molecule has 2 heteroatoms. The van der Waals surface area contributed by atoms with Crippen LogP contribution in [0.5, 0.6) is 5.75 Å². The van der Waals surface area contributed by atoms with E-state index in [0.717, 1.165) is 30.8 Å². The Morgan fingerprint density at radius 3 is 2.86 bits per heavy atom. The molecule has 1 aliphatic heterocycles. The lowest BCUT2D eigenvalue weighted by atomic mass is 9.91. The molecule has 1 aliphatic rings. The quantitative estimate of drug-likeness (QED) is 0.738. The lowest BCUT2D eigenvalue weighted by molar-refractivity contribution is 0.279. The van der Waals surface area contributed by atoms with E-state index in [1.54, 1.807) is 0 Å². The Morgan fingerprint density at radius 1 is 1.36 bits per heavy atom. The maximum atomic E-state index is 6.10. The maximum Gasteiger partial charge on any atom is 0.127 e. The zero-order valence-corrected chi connectivity index (χ0v) is 8.84. The van der Waals surface area contributed by atoms with Crippen molar-refractivity contribution in [3.05, 3.63) is 29.3 Å². The highest BCUT2D eigenvalue weighted by Crippen LogP contribution is 2.34. The Balaban J connectivity index is 2.51. The van der Waals surface area contributed by atoms with E-state index in [0.29, 0.717) is 0 Å². The first-order valence-corrected chi connectivity index (χ1v) is 5.13. The number of para-hydroxylation sites is 1. The van der Waals surface area contributed by atoms with Crippen molar-refractivity contribution in [2.24, 2.45) is 5.73 Å². The van der Waals surface area contributed by atoms with Crippen molar-refractivity contribution in [2.75, 3.05) is 6.61 Å². The van der Waals surface area contributed by atoms with E-state index in [-0.39, 0.29) is 5.54 Å². The molecule has 0 atom stereocenters. The van der Waals surface area contributed by atoms with E-state index in [1.165, 1.54) is 5.56 Å². The van der Waals surface area contributed by atoms with Crippen molar-refractivity contribution in [1.82, 2.24) is 0 Å². The number of nitrogens with two attached hydrogens (primary N) is 1. The first-order valence-electron chi connectivity index (χ1n) is 5.13. The number of rotatable bonds is 1. The molecule has 1 aromatic carbocycles. The van der Waals surface area contributed by atoms with Gasteiger partial charge in [-0.05, 0) is 32.3 Å². The van der Waals surface area contributed by atoms with Crippen molar-refractivity contribution in [2.45, 2.75) is 32.2 Å². The first-order chi connectivity index (χ1) is 6.59. The predicted molar refractivity (Wildman–Crippen MR) is 57.5 cm³/mol. The van der Waals surface area contributed by atoms with Gasteiger partial charge in [0.25, 0.3) is 0 Å². The Hall–Kier alpha value is -1.02. The Kier molecular flexibility index (Phi) is 2.23. The molecule has 2 rings (SSSR count). The van der Waals surface area contributed by atoms with Crippen molar-refractivity contribution in [3.8, 4) is 5.75 Å². The molecule has 0 aliphatic carbocycles. The molecule has 0 saturated carbocycles. The molecular weight excluding hydrogens is 174 g/mol. The molecule has 2 N–H and O–H groups in total. The highest BCUT2D eigenvalue weighted by molar-refractivity contribution is 5.45. The molecule has 14 heavy (non-hydrogen) atoms. The molecule has 0 unspecified atom stereocenters. The predicted octanol–water partition coefficient (Wildman–Crippen LogP) is 2.21. The van der Waals surface area contributed by atoms with Crippen molar-refractivity contribution < 1.29 is 4.74 Å². The fraction of sp³-hybridized carbons (Fsp3) is 0.500. The number of ether oxygens (including phenoxy) is 1. The van der Waals surface area contributed by atoms with Crippen LogP contribution in [0.3, 0.4) is 0 Å². The van der Waals surface area contributed by atoms with Crippen LogP contribution in [-0.4, -0.2) is 6.61 Å². The van der Waals surface area contributed by atoms with Gasteiger partial charge in [0.15, 0.2) is 0 Å².